The molecule has 0 saturated carbocycles. The maximum absolute atomic E-state index is 12.4. The average Bonchev–Trinajstić information content (AvgIpc) is 2.53. The fraction of sp³-hybridized carbons (Fsp3) is 0.533. The van der Waals surface area contributed by atoms with Crippen LogP contribution in [-0.2, 0) is 14.8 Å². The van der Waals surface area contributed by atoms with E-state index in [4.69, 9.17) is 10.00 Å². The van der Waals surface area contributed by atoms with Gasteiger partial charge in [-0.15, -0.1) is 0 Å². The minimum Gasteiger partial charge on any atom is -0.378 e. The molecule has 25 heavy (non-hydrogen) atoms. The normalized spacial score (nSPS) is 21.5. The zero-order valence-electron chi connectivity index (χ0n) is 14.0. The molecule has 0 bridgehead atoms. The molecule has 1 saturated heterocycles. The van der Waals surface area contributed by atoms with Gasteiger partial charge in [0, 0.05) is 25.7 Å². The monoisotopic (exact) mass is 368 g/mol. The zero-order valence-corrected chi connectivity index (χ0v) is 14.8. The number of nitriles is 1. The molecule has 0 radical (unpaired) electrons. The summed E-state index contributed by atoms with van der Waals surface area (Å²) in [5, 5.41) is 22.7. The van der Waals surface area contributed by atoms with Gasteiger partial charge in [-0.3, -0.25) is 10.1 Å². The van der Waals surface area contributed by atoms with E-state index in [2.05, 4.69) is 5.32 Å². The molecular weight excluding hydrogens is 348 g/mol. The lowest BCUT2D eigenvalue weighted by molar-refractivity contribution is -0.384. The van der Waals surface area contributed by atoms with E-state index in [-0.39, 0.29) is 41.4 Å². The largest absolute Gasteiger partial charge is 0.378 e. The summed E-state index contributed by atoms with van der Waals surface area (Å²) in [6.45, 7) is 4.25. The van der Waals surface area contributed by atoms with Crippen molar-refractivity contribution in [2.24, 2.45) is 0 Å². The first kappa shape index (κ1) is 19.1. The van der Waals surface area contributed by atoms with Crippen LogP contribution in [-0.4, -0.2) is 55.2 Å². The van der Waals surface area contributed by atoms with Crippen LogP contribution in [0.2, 0.25) is 0 Å². The van der Waals surface area contributed by atoms with Crippen LogP contribution in [0.15, 0.2) is 18.2 Å². The molecule has 1 heterocycles. The number of ether oxygens (including phenoxy) is 1. The Labute approximate surface area is 146 Å². The SMILES string of the molecule is CC1CN(S(=O)(=O)CCNc2ccc(C#N)cc2[N+](=O)[O-])CC(C)O1. The van der Waals surface area contributed by atoms with Crippen LogP contribution in [0.3, 0.4) is 0 Å². The van der Waals surface area contributed by atoms with E-state index in [1.165, 1.54) is 16.4 Å². The van der Waals surface area contributed by atoms with Crippen molar-refractivity contribution in [3.63, 3.8) is 0 Å². The summed E-state index contributed by atoms with van der Waals surface area (Å²) < 4.78 is 31.8. The number of nitro benzene ring substituents is 1. The first-order valence-corrected chi connectivity index (χ1v) is 9.39. The number of rotatable bonds is 6. The van der Waals surface area contributed by atoms with Crippen LogP contribution in [0.4, 0.5) is 11.4 Å². The second kappa shape index (κ2) is 7.77. The van der Waals surface area contributed by atoms with Crippen molar-refractivity contribution in [3.05, 3.63) is 33.9 Å². The second-order valence-corrected chi connectivity index (χ2v) is 8.01. The fourth-order valence-electron chi connectivity index (χ4n) is 2.70. The number of nitro groups is 1. The van der Waals surface area contributed by atoms with Crippen molar-refractivity contribution >= 4 is 21.4 Å². The minimum absolute atomic E-state index is 0.0230. The Hall–Kier alpha value is -2.22. The molecule has 2 rings (SSSR count). The number of anilines is 1. The smallest absolute Gasteiger partial charge is 0.293 e. The van der Waals surface area contributed by atoms with Crippen molar-refractivity contribution in [3.8, 4) is 6.07 Å². The van der Waals surface area contributed by atoms with Gasteiger partial charge in [-0.25, -0.2) is 8.42 Å². The van der Waals surface area contributed by atoms with Gasteiger partial charge in [-0.05, 0) is 26.0 Å². The van der Waals surface area contributed by atoms with Gasteiger partial charge in [0.2, 0.25) is 10.0 Å². The topological polar surface area (TPSA) is 126 Å². The molecule has 1 aliphatic rings. The Morgan fingerprint density at radius 2 is 2.04 bits per heavy atom. The quantitative estimate of drug-likeness (QED) is 0.593. The lowest BCUT2D eigenvalue weighted by Gasteiger charge is -2.34. The molecule has 1 aromatic rings. The van der Waals surface area contributed by atoms with Crippen LogP contribution in [0.1, 0.15) is 19.4 Å². The third-order valence-corrected chi connectivity index (χ3v) is 5.58. The number of hydrogen-bond donors (Lipinski definition) is 1. The van der Waals surface area contributed by atoms with E-state index < -0.39 is 14.9 Å². The summed E-state index contributed by atoms with van der Waals surface area (Å²) in [6, 6.07) is 5.83. The Kier molecular flexibility index (Phi) is 5.94. The predicted molar refractivity (Wildman–Crippen MR) is 91.7 cm³/mol. The predicted octanol–water partition coefficient (Wildman–Crippen LogP) is 1.32. The summed E-state index contributed by atoms with van der Waals surface area (Å²) in [7, 11) is -3.50. The van der Waals surface area contributed by atoms with E-state index in [1.807, 2.05) is 19.9 Å². The maximum atomic E-state index is 12.4. The van der Waals surface area contributed by atoms with Crippen molar-refractivity contribution in [1.82, 2.24) is 4.31 Å². The highest BCUT2D eigenvalue weighted by Crippen LogP contribution is 2.25. The van der Waals surface area contributed by atoms with Crippen LogP contribution >= 0.6 is 0 Å². The molecule has 2 atom stereocenters. The third-order valence-electron chi connectivity index (χ3n) is 3.78. The molecule has 0 aromatic heterocycles. The molecule has 10 heteroatoms. The number of benzene rings is 1. The molecule has 1 aliphatic heterocycles. The van der Waals surface area contributed by atoms with Gasteiger partial charge < -0.3 is 10.1 Å². The van der Waals surface area contributed by atoms with Crippen LogP contribution in [0, 0.1) is 21.4 Å². The van der Waals surface area contributed by atoms with Crippen LogP contribution < -0.4 is 5.32 Å². The summed E-state index contributed by atoms with van der Waals surface area (Å²) in [5.74, 6) is -0.191. The summed E-state index contributed by atoms with van der Waals surface area (Å²) in [5.41, 5.74) is 0.0918. The van der Waals surface area contributed by atoms with Crippen LogP contribution in [0.5, 0.6) is 0 Å². The summed E-state index contributed by atoms with van der Waals surface area (Å²) in [4.78, 5) is 10.5. The van der Waals surface area contributed by atoms with Gasteiger partial charge in [-0.2, -0.15) is 9.57 Å². The number of hydrogen-bond acceptors (Lipinski definition) is 7. The highest BCUT2D eigenvalue weighted by molar-refractivity contribution is 7.89. The number of nitrogens with zero attached hydrogens (tertiary/aromatic N) is 3. The standard InChI is InChI=1S/C15H20N4O5S/c1-11-9-18(10-12(2)24-11)25(22,23)6-5-17-14-4-3-13(8-16)7-15(14)19(20)21/h3-4,7,11-12,17H,5-6,9-10H2,1-2H3. The first-order chi connectivity index (χ1) is 11.7. The van der Waals surface area contributed by atoms with E-state index in [0.29, 0.717) is 13.1 Å². The van der Waals surface area contributed by atoms with Crippen LogP contribution in [0.25, 0.3) is 0 Å². The number of nitrogens with one attached hydrogen (secondary N) is 1. The zero-order chi connectivity index (χ0) is 18.6. The number of morpholine rings is 1. The lowest BCUT2D eigenvalue weighted by atomic mass is 10.2. The number of sulfonamides is 1. The Balaban J connectivity index is 2.03. The molecule has 0 aliphatic carbocycles. The Morgan fingerprint density at radius 1 is 1.40 bits per heavy atom. The fourth-order valence-corrected chi connectivity index (χ4v) is 4.20. The molecular formula is C15H20N4O5S. The highest BCUT2D eigenvalue weighted by atomic mass is 32.2. The molecule has 136 valence electrons. The van der Waals surface area contributed by atoms with E-state index in [9.17, 15) is 18.5 Å². The Bertz CT molecular complexity index is 780. The molecule has 0 amide bonds. The second-order valence-electron chi connectivity index (χ2n) is 5.92. The molecule has 1 N–H and O–H groups in total. The van der Waals surface area contributed by atoms with E-state index in [0.717, 1.165) is 6.07 Å². The van der Waals surface area contributed by atoms with E-state index in [1.54, 1.807) is 0 Å². The average molecular weight is 368 g/mol. The van der Waals surface area contributed by atoms with Crippen molar-refractivity contribution in [1.29, 1.82) is 5.26 Å². The summed E-state index contributed by atoms with van der Waals surface area (Å²) >= 11 is 0. The highest BCUT2D eigenvalue weighted by Gasteiger charge is 2.30. The molecule has 2 unspecified atom stereocenters. The van der Waals surface area contributed by atoms with E-state index >= 15 is 0 Å². The summed E-state index contributed by atoms with van der Waals surface area (Å²) in [6.07, 6.45) is -0.350. The third kappa shape index (κ3) is 4.88. The van der Waals surface area contributed by atoms with Gasteiger partial charge in [0.05, 0.1) is 34.5 Å². The first-order valence-electron chi connectivity index (χ1n) is 7.78. The van der Waals surface area contributed by atoms with Gasteiger partial charge in [-0.1, -0.05) is 0 Å². The molecule has 1 fully saturated rings. The van der Waals surface area contributed by atoms with Crippen molar-refractivity contribution < 1.29 is 18.1 Å². The van der Waals surface area contributed by atoms with Crippen molar-refractivity contribution in [2.45, 2.75) is 26.1 Å². The van der Waals surface area contributed by atoms with Crippen molar-refractivity contribution in [2.75, 3.05) is 30.7 Å². The molecule has 0 spiro atoms. The molecule has 9 nitrogen and oxygen atoms in total. The molecule has 1 aromatic carbocycles. The Morgan fingerprint density at radius 3 is 2.60 bits per heavy atom. The van der Waals surface area contributed by atoms with Gasteiger partial charge >= 0.3 is 0 Å². The van der Waals surface area contributed by atoms with Gasteiger partial charge in [0.25, 0.3) is 5.69 Å². The van der Waals surface area contributed by atoms with Gasteiger partial charge in [0.15, 0.2) is 0 Å². The maximum Gasteiger partial charge on any atom is 0.293 e. The lowest BCUT2D eigenvalue weighted by Crippen LogP contribution is -2.49. The minimum atomic E-state index is -3.50. The van der Waals surface area contributed by atoms with Gasteiger partial charge in [0.1, 0.15) is 5.69 Å².